The number of fused-ring (bicyclic) bond motifs is 2. The van der Waals surface area contributed by atoms with Crippen molar-refractivity contribution in [3.8, 4) is 11.5 Å². The Morgan fingerprint density at radius 1 is 0.766 bits per heavy atom. The van der Waals surface area contributed by atoms with E-state index in [1.807, 2.05) is 25.1 Å². The molecule has 0 saturated carbocycles. The molecule has 0 unspecified atom stereocenters. The molecule has 0 radical (unpaired) electrons. The first-order chi connectivity index (χ1) is 22.3. The maximum Gasteiger partial charge on any atom is 0.254 e. The number of alkyl halides is 1. The van der Waals surface area contributed by atoms with Crippen LogP contribution in [0.1, 0.15) is 41.9 Å². The number of nitrogens with zero attached hydrogens (tertiary/aromatic N) is 2. The van der Waals surface area contributed by atoms with E-state index in [-0.39, 0.29) is 12.4 Å². The van der Waals surface area contributed by atoms with Crippen LogP contribution in [0.15, 0.2) is 60.7 Å². The highest BCUT2D eigenvalue weighted by Crippen LogP contribution is 2.27. The van der Waals surface area contributed by atoms with Crippen LogP contribution in [0.2, 0.25) is 0 Å². The van der Waals surface area contributed by atoms with E-state index in [4.69, 9.17) is 15.6 Å². The topological polar surface area (TPSA) is 141 Å². The number of nitrogens with two attached hydrogens (primary N) is 2. The number of hydrogen-bond acceptors (Lipinski definition) is 8. The van der Waals surface area contributed by atoms with Crippen LogP contribution in [0.25, 0.3) is 20.4 Å². The van der Waals surface area contributed by atoms with Gasteiger partial charge in [-0.25, -0.2) is 27.5 Å². The first-order valence-corrected chi connectivity index (χ1v) is 16.2. The van der Waals surface area contributed by atoms with Gasteiger partial charge in [0, 0.05) is 0 Å². The number of carbonyl (C=O) groups is 2. The standard InChI is InChI=1S/C16H12F2N2O2S.C9H8BrNS.C7H5F2NO2/c1-8-2-5-12-10(6-8)20-13(23-12)7-22-11-4-3-9(17)14(15(11)18)16(19)21;1-6-2-3-8-7(4-6)11-9(5-10)12-8;8-3-1-2-4(11)6(9)5(3)7(10)12/h2-6H,7H2,1H3,(H2,19,21);2-4H,5H2,1H3;1-2,11H,(H2,10,12). The third-order valence-corrected chi connectivity index (χ3v) is 9.21. The second-order valence-electron chi connectivity index (χ2n) is 9.80. The summed E-state index contributed by atoms with van der Waals surface area (Å²) in [4.78, 5) is 30.4. The molecule has 15 heteroatoms. The summed E-state index contributed by atoms with van der Waals surface area (Å²) in [7, 11) is 0. The predicted molar refractivity (Wildman–Crippen MR) is 177 cm³/mol. The number of phenolic OH excluding ortho intramolecular Hbond substituents is 1. The van der Waals surface area contributed by atoms with Crippen LogP contribution in [-0.4, -0.2) is 26.9 Å². The van der Waals surface area contributed by atoms with E-state index in [0.717, 1.165) is 55.9 Å². The Hall–Kier alpha value is -4.60. The molecule has 0 aliphatic carbocycles. The van der Waals surface area contributed by atoms with Crippen LogP contribution in [0.5, 0.6) is 11.5 Å². The van der Waals surface area contributed by atoms with Gasteiger partial charge in [-0.2, -0.15) is 0 Å². The van der Waals surface area contributed by atoms with Crippen molar-refractivity contribution in [1.82, 2.24) is 9.97 Å². The Balaban J connectivity index is 0.000000176. The lowest BCUT2D eigenvalue weighted by Crippen LogP contribution is -2.16. The second kappa shape index (κ2) is 15.3. The lowest BCUT2D eigenvalue weighted by molar-refractivity contribution is 0.0982. The van der Waals surface area contributed by atoms with Gasteiger partial charge in [0.1, 0.15) is 39.4 Å². The van der Waals surface area contributed by atoms with Gasteiger partial charge in [0.15, 0.2) is 23.1 Å². The fourth-order valence-corrected chi connectivity index (χ4v) is 6.19. The molecule has 4 aromatic carbocycles. The second-order valence-corrected chi connectivity index (χ2v) is 12.6. The number of benzene rings is 4. The third-order valence-electron chi connectivity index (χ3n) is 6.26. The number of ether oxygens (including phenoxy) is 1. The minimum absolute atomic E-state index is 0.0130. The number of thiazole rings is 2. The van der Waals surface area contributed by atoms with Gasteiger partial charge in [0.2, 0.25) is 0 Å². The van der Waals surface area contributed by atoms with Crippen LogP contribution in [0.3, 0.4) is 0 Å². The van der Waals surface area contributed by atoms with Crippen LogP contribution >= 0.6 is 38.6 Å². The molecule has 0 bridgehead atoms. The van der Waals surface area contributed by atoms with Gasteiger partial charge in [-0.1, -0.05) is 28.1 Å². The summed E-state index contributed by atoms with van der Waals surface area (Å²) in [5.41, 5.74) is 12.2. The molecule has 5 N–H and O–H groups in total. The largest absolute Gasteiger partial charge is 0.505 e. The van der Waals surface area contributed by atoms with Crippen LogP contribution < -0.4 is 16.2 Å². The van der Waals surface area contributed by atoms with Gasteiger partial charge in [-0.3, -0.25) is 9.59 Å². The van der Waals surface area contributed by atoms with E-state index in [0.29, 0.717) is 5.01 Å². The van der Waals surface area contributed by atoms with Crippen LogP contribution in [0, 0.1) is 37.1 Å². The molecule has 2 heterocycles. The van der Waals surface area contributed by atoms with E-state index in [1.54, 1.807) is 11.3 Å². The molecule has 0 aliphatic heterocycles. The van der Waals surface area contributed by atoms with Crippen LogP contribution in [-0.2, 0) is 11.9 Å². The zero-order valence-electron chi connectivity index (χ0n) is 24.6. The van der Waals surface area contributed by atoms with Gasteiger partial charge < -0.3 is 21.3 Å². The van der Waals surface area contributed by atoms with Crippen LogP contribution in [0.4, 0.5) is 17.6 Å². The van der Waals surface area contributed by atoms with Crippen molar-refractivity contribution in [2.24, 2.45) is 11.5 Å². The molecule has 47 heavy (non-hydrogen) atoms. The molecule has 0 saturated heterocycles. The minimum atomic E-state index is -1.33. The van der Waals surface area contributed by atoms with Crippen molar-refractivity contribution in [3.05, 3.63) is 116 Å². The Morgan fingerprint density at radius 2 is 1.26 bits per heavy atom. The molecule has 244 valence electrons. The van der Waals surface area contributed by atoms with E-state index in [9.17, 15) is 27.2 Å². The highest BCUT2D eigenvalue weighted by Gasteiger charge is 2.20. The zero-order chi connectivity index (χ0) is 34.4. The molecule has 0 fully saturated rings. The number of hydrogen-bond donors (Lipinski definition) is 3. The number of amides is 2. The number of halogens is 5. The fraction of sp³-hybridized carbons (Fsp3) is 0.125. The first kappa shape index (κ1) is 35.3. The summed E-state index contributed by atoms with van der Waals surface area (Å²) in [6.45, 7) is 4.07. The lowest BCUT2D eigenvalue weighted by atomic mass is 10.2. The molecular weight excluding hydrogens is 724 g/mol. The van der Waals surface area contributed by atoms with Crippen molar-refractivity contribution in [1.29, 1.82) is 0 Å². The minimum Gasteiger partial charge on any atom is -0.505 e. The monoisotopic (exact) mass is 748 g/mol. The Labute approximate surface area is 281 Å². The maximum absolute atomic E-state index is 14.1. The molecule has 0 spiro atoms. The van der Waals surface area contributed by atoms with Crippen molar-refractivity contribution >= 4 is 70.9 Å². The molecule has 8 nitrogen and oxygen atoms in total. The molecular formula is C32H25BrF4N4O4S2. The van der Waals surface area contributed by atoms with Crippen molar-refractivity contribution in [2.45, 2.75) is 25.8 Å². The number of rotatable bonds is 6. The summed E-state index contributed by atoms with van der Waals surface area (Å²) in [5.74, 6) is -8.00. The van der Waals surface area contributed by atoms with E-state index in [1.165, 1.54) is 21.6 Å². The summed E-state index contributed by atoms with van der Waals surface area (Å²) >= 11 is 6.57. The molecule has 0 atom stereocenters. The molecule has 0 aliphatic rings. The van der Waals surface area contributed by atoms with Gasteiger partial charge in [-0.15, -0.1) is 22.7 Å². The smallest absolute Gasteiger partial charge is 0.254 e. The molecule has 2 aromatic heterocycles. The summed E-state index contributed by atoms with van der Waals surface area (Å²) in [6, 6.07) is 15.9. The van der Waals surface area contributed by atoms with Gasteiger partial charge >= 0.3 is 0 Å². The average molecular weight is 750 g/mol. The third kappa shape index (κ3) is 8.61. The molecule has 6 rings (SSSR count). The quantitative estimate of drug-likeness (QED) is 0.117. The summed E-state index contributed by atoms with van der Waals surface area (Å²) < 4.78 is 60.4. The van der Waals surface area contributed by atoms with Crippen molar-refractivity contribution in [3.63, 3.8) is 0 Å². The summed E-state index contributed by atoms with van der Waals surface area (Å²) in [6.07, 6.45) is 0. The Bertz CT molecular complexity index is 2110. The van der Waals surface area contributed by atoms with E-state index >= 15 is 0 Å². The molecule has 6 aromatic rings. The molecule has 2 amide bonds. The fourth-order valence-electron chi connectivity index (χ4n) is 4.07. The average Bonchev–Trinajstić information content (AvgIpc) is 3.62. The van der Waals surface area contributed by atoms with E-state index < -0.39 is 52.0 Å². The number of aromatic hydroxyl groups is 1. The van der Waals surface area contributed by atoms with Crippen molar-refractivity contribution < 1.29 is 37.0 Å². The normalized spacial score (nSPS) is 10.6. The highest BCUT2D eigenvalue weighted by atomic mass is 79.9. The number of carbonyl (C=O) groups excluding carboxylic acids is 2. The predicted octanol–water partition coefficient (Wildman–Crippen LogP) is 7.83. The van der Waals surface area contributed by atoms with Gasteiger partial charge in [-0.05, 0) is 73.5 Å². The highest BCUT2D eigenvalue weighted by molar-refractivity contribution is 9.08. The number of primary amides is 2. The SMILES string of the molecule is Cc1ccc2sc(CBr)nc2c1.Cc1ccc2sc(COc3ccc(F)c(C(N)=O)c3F)nc2c1.NC(=O)c1c(F)ccc(O)c1F. The lowest BCUT2D eigenvalue weighted by Gasteiger charge is -2.08. The number of aromatic nitrogens is 2. The first-order valence-electron chi connectivity index (χ1n) is 13.4. The van der Waals surface area contributed by atoms with E-state index in [2.05, 4.69) is 56.8 Å². The summed E-state index contributed by atoms with van der Waals surface area (Å²) in [5, 5.41) is 11.4. The zero-order valence-corrected chi connectivity index (χ0v) is 27.8. The Kier molecular flexibility index (Phi) is 11.5. The Morgan fingerprint density at radius 3 is 1.77 bits per heavy atom. The number of phenols is 1. The van der Waals surface area contributed by atoms with Gasteiger partial charge in [0.25, 0.3) is 11.8 Å². The van der Waals surface area contributed by atoms with Crippen molar-refractivity contribution in [2.75, 3.05) is 0 Å². The van der Waals surface area contributed by atoms with Gasteiger partial charge in [0.05, 0.1) is 25.8 Å². The number of aryl methyl sites for hydroxylation is 2. The maximum atomic E-state index is 14.1.